The third-order valence-corrected chi connectivity index (χ3v) is 2.77. The van der Waals surface area contributed by atoms with E-state index in [9.17, 15) is 4.79 Å². The maximum Gasteiger partial charge on any atom is 0.325 e. The third kappa shape index (κ3) is 4.92. The molecule has 0 saturated heterocycles. The van der Waals surface area contributed by atoms with Gasteiger partial charge in [-0.3, -0.25) is 4.79 Å². The van der Waals surface area contributed by atoms with Crippen LogP contribution in [0, 0.1) is 0 Å². The summed E-state index contributed by atoms with van der Waals surface area (Å²) in [6.45, 7) is 5.21. The molecular weight excluding hydrogens is 208 g/mol. The van der Waals surface area contributed by atoms with Crippen LogP contribution in [0.5, 0.6) is 0 Å². The molecule has 0 aliphatic carbocycles. The summed E-state index contributed by atoms with van der Waals surface area (Å²) in [5.74, 6) is -0.375. The predicted molar refractivity (Wildman–Crippen MR) is 63.2 cm³/mol. The maximum absolute atomic E-state index is 11.4. The van der Waals surface area contributed by atoms with Crippen LogP contribution < -0.4 is 5.73 Å². The zero-order valence-electron chi connectivity index (χ0n) is 10.9. The van der Waals surface area contributed by atoms with Crippen molar-refractivity contribution < 1.29 is 14.3 Å². The van der Waals surface area contributed by atoms with Crippen molar-refractivity contribution in [3.05, 3.63) is 0 Å². The fraction of sp³-hybridized carbons (Fsp3) is 0.909. The summed E-state index contributed by atoms with van der Waals surface area (Å²) in [6.07, 6.45) is 0.555. The van der Waals surface area contributed by atoms with Crippen molar-refractivity contribution in [3.63, 3.8) is 0 Å². The van der Waals surface area contributed by atoms with Gasteiger partial charge < -0.3 is 20.1 Å². The molecule has 0 aromatic heterocycles. The zero-order valence-corrected chi connectivity index (χ0v) is 10.9. The van der Waals surface area contributed by atoms with Crippen molar-refractivity contribution >= 4 is 5.97 Å². The van der Waals surface area contributed by atoms with Gasteiger partial charge in [0.15, 0.2) is 0 Å². The van der Waals surface area contributed by atoms with Gasteiger partial charge in [0.25, 0.3) is 0 Å². The van der Waals surface area contributed by atoms with Crippen LogP contribution >= 0.6 is 0 Å². The molecule has 5 nitrogen and oxygen atoms in total. The normalized spacial score (nSPS) is 16.9. The molecule has 2 N–H and O–H groups in total. The molecule has 0 fully saturated rings. The van der Waals surface area contributed by atoms with Crippen LogP contribution in [-0.2, 0) is 14.3 Å². The van der Waals surface area contributed by atoms with E-state index in [2.05, 4.69) is 9.64 Å². The van der Waals surface area contributed by atoms with Crippen molar-refractivity contribution in [2.24, 2.45) is 5.73 Å². The van der Waals surface area contributed by atoms with Gasteiger partial charge in [-0.2, -0.15) is 0 Å². The number of ether oxygens (including phenoxy) is 2. The Morgan fingerprint density at radius 3 is 2.50 bits per heavy atom. The minimum Gasteiger partial charge on any atom is -0.468 e. The first-order valence-electron chi connectivity index (χ1n) is 5.41. The number of carbonyl (C=O) groups is 1. The molecule has 96 valence electrons. The molecule has 2 unspecified atom stereocenters. The Balaban J connectivity index is 4.20. The van der Waals surface area contributed by atoms with E-state index in [1.165, 1.54) is 7.11 Å². The second-order valence-corrected chi connectivity index (χ2v) is 4.44. The van der Waals surface area contributed by atoms with Crippen LogP contribution in [0.2, 0.25) is 0 Å². The Morgan fingerprint density at radius 2 is 2.06 bits per heavy atom. The van der Waals surface area contributed by atoms with Crippen LogP contribution in [0.1, 0.15) is 20.3 Å². The smallest absolute Gasteiger partial charge is 0.325 e. The minimum absolute atomic E-state index is 0.198. The summed E-state index contributed by atoms with van der Waals surface area (Å²) >= 11 is 0. The molecule has 0 saturated carbocycles. The average molecular weight is 232 g/mol. The summed E-state index contributed by atoms with van der Waals surface area (Å²) in [5, 5.41) is 0. The molecule has 0 spiro atoms. The van der Waals surface area contributed by atoms with Gasteiger partial charge in [-0.1, -0.05) is 0 Å². The van der Waals surface area contributed by atoms with E-state index in [4.69, 9.17) is 10.5 Å². The van der Waals surface area contributed by atoms with E-state index in [1.54, 1.807) is 14.0 Å². The minimum atomic E-state index is -0.935. The van der Waals surface area contributed by atoms with Crippen molar-refractivity contribution in [3.8, 4) is 0 Å². The summed E-state index contributed by atoms with van der Waals surface area (Å²) in [6, 6.07) is 0.198. The molecule has 0 bridgehead atoms. The van der Waals surface area contributed by atoms with Gasteiger partial charge in [-0.05, 0) is 27.3 Å². The maximum atomic E-state index is 11.4. The topological polar surface area (TPSA) is 64.8 Å². The van der Waals surface area contributed by atoms with E-state index >= 15 is 0 Å². The summed E-state index contributed by atoms with van der Waals surface area (Å²) in [5.41, 5.74) is 4.97. The fourth-order valence-electron chi connectivity index (χ4n) is 1.54. The number of hydrogen-bond acceptors (Lipinski definition) is 5. The molecule has 0 radical (unpaired) electrons. The number of rotatable bonds is 7. The molecule has 0 heterocycles. The Bertz CT molecular complexity index is 219. The van der Waals surface area contributed by atoms with E-state index in [0.717, 1.165) is 6.54 Å². The highest BCUT2D eigenvalue weighted by Crippen LogP contribution is 2.14. The summed E-state index contributed by atoms with van der Waals surface area (Å²) in [4.78, 5) is 13.5. The molecule has 0 rings (SSSR count). The molecule has 16 heavy (non-hydrogen) atoms. The van der Waals surface area contributed by atoms with Crippen molar-refractivity contribution in [2.75, 3.05) is 34.4 Å². The predicted octanol–water partition coefficient (Wildman–Crippen LogP) is 0.234. The SMILES string of the molecule is COCCN(C)C(C)CC(C)(N)C(=O)OC. The van der Waals surface area contributed by atoms with E-state index in [0.29, 0.717) is 13.0 Å². The Hall–Kier alpha value is -0.650. The number of hydrogen-bond donors (Lipinski definition) is 1. The van der Waals surface area contributed by atoms with E-state index < -0.39 is 5.54 Å². The molecule has 5 heteroatoms. The highest BCUT2D eigenvalue weighted by atomic mass is 16.5. The monoisotopic (exact) mass is 232 g/mol. The molecule has 0 aromatic carbocycles. The van der Waals surface area contributed by atoms with Crippen LogP contribution in [0.15, 0.2) is 0 Å². The number of nitrogens with two attached hydrogens (primary N) is 1. The molecule has 0 amide bonds. The second kappa shape index (κ2) is 6.83. The molecule has 0 aliphatic heterocycles. The van der Waals surface area contributed by atoms with Crippen LogP contribution in [-0.4, -0.2) is 56.9 Å². The number of nitrogens with zero attached hydrogens (tertiary/aromatic N) is 1. The highest BCUT2D eigenvalue weighted by molar-refractivity contribution is 5.79. The quantitative estimate of drug-likeness (QED) is 0.637. The van der Waals surface area contributed by atoms with Gasteiger partial charge in [0.2, 0.25) is 0 Å². The number of carbonyl (C=O) groups excluding carboxylic acids is 1. The second-order valence-electron chi connectivity index (χ2n) is 4.44. The van der Waals surface area contributed by atoms with Crippen molar-refractivity contribution in [2.45, 2.75) is 31.8 Å². The lowest BCUT2D eigenvalue weighted by atomic mass is 9.94. The highest BCUT2D eigenvalue weighted by Gasteiger charge is 2.32. The lowest BCUT2D eigenvalue weighted by molar-refractivity contribution is -0.147. The number of likely N-dealkylation sites (N-methyl/N-ethyl adjacent to an activating group) is 1. The van der Waals surface area contributed by atoms with Gasteiger partial charge >= 0.3 is 5.97 Å². The van der Waals surface area contributed by atoms with Crippen LogP contribution in [0.3, 0.4) is 0 Å². The zero-order chi connectivity index (χ0) is 12.8. The van der Waals surface area contributed by atoms with E-state index in [-0.39, 0.29) is 12.0 Å². The first kappa shape index (κ1) is 15.3. The Morgan fingerprint density at radius 1 is 1.50 bits per heavy atom. The third-order valence-electron chi connectivity index (χ3n) is 2.77. The van der Waals surface area contributed by atoms with Crippen LogP contribution in [0.4, 0.5) is 0 Å². The lowest BCUT2D eigenvalue weighted by Crippen LogP contribution is -2.50. The van der Waals surface area contributed by atoms with Crippen molar-refractivity contribution in [1.82, 2.24) is 4.90 Å². The molecule has 0 aromatic rings. The molecule has 0 aliphatic rings. The molecule has 2 atom stereocenters. The van der Waals surface area contributed by atoms with Gasteiger partial charge in [0.05, 0.1) is 13.7 Å². The van der Waals surface area contributed by atoms with Crippen LogP contribution in [0.25, 0.3) is 0 Å². The Labute approximate surface area is 97.9 Å². The van der Waals surface area contributed by atoms with Crippen molar-refractivity contribution in [1.29, 1.82) is 0 Å². The standard InChI is InChI=1S/C11H24N2O3/c1-9(13(3)6-7-15-4)8-11(2,12)10(14)16-5/h9H,6-8,12H2,1-5H3. The number of esters is 1. The Kier molecular flexibility index (Phi) is 6.55. The average Bonchev–Trinajstić information content (AvgIpc) is 2.23. The van der Waals surface area contributed by atoms with Gasteiger partial charge in [0, 0.05) is 19.7 Å². The first-order chi connectivity index (χ1) is 7.35. The summed E-state index contributed by atoms with van der Waals surface area (Å²) in [7, 11) is 5.00. The van der Waals surface area contributed by atoms with Gasteiger partial charge in [0.1, 0.15) is 5.54 Å². The van der Waals surface area contributed by atoms with Gasteiger partial charge in [-0.25, -0.2) is 0 Å². The summed E-state index contributed by atoms with van der Waals surface area (Å²) < 4.78 is 9.67. The number of methoxy groups -OCH3 is 2. The fourth-order valence-corrected chi connectivity index (χ4v) is 1.54. The van der Waals surface area contributed by atoms with Gasteiger partial charge in [-0.15, -0.1) is 0 Å². The first-order valence-corrected chi connectivity index (χ1v) is 5.41. The largest absolute Gasteiger partial charge is 0.468 e. The molecular formula is C11H24N2O3. The van der Waals surface area contributed by atoms with E-state index in [1.807, 2.05) is 14.0 Å². The lowest BCUT2D eigenvalue weighted by Gasteiger charge is -2.30.